The van der Waals surface area contributed by atoms with Crippen LogP contribution in [-0.2, 0) is 0 Å². The smallest absolute Gasteiger partial charge is 0.266 e. The summed E-state index contributed by atoms with van der Waals surface area (Å²) in [5.41, 5.74) is 2.68. The van der Waals surface area contributed by atoms with E-state index in [1.54, 1.807) is 54.6 Å². The van der Waals surface area contributed by atoms with Gasteiger partial charge in [-0.25, -0.2) is 4.90 Å². The summed E-state index contributed by atoms with van der Waals surface area (Å²) in [6, 6.07) is 27.1. The van der Waals surface area contributed by atoms with E-state index < -0.39 is 17.7 Å². The van der Waals surface area contributed by atoms with Crippen LogP contribution >= 0.6 is 0 Å². The third-order valence-corrected chi connectivity index (χ3v) is 6.09. The second-order valence-electron chi connectivity index (χ2n) is 8.55. The number of imide groups is 1. The van der Waals surface area contributed by atoms with E-state index in [0.29, 0.717) is 22.7 Å². The van der Waals surface area contributed by atoms with E-state index >= 15 is 0 Å². The number of methoxy groups -OCH3 is 1. The van der Waals surface area contributed by atoms with E-state index in [9.17, 15) is 19.2 Å². The van der Waals surface area contributed by atoms with Gasteiger partial charge >= 0.3 is 0 Å². The zero-order valence-electron chi connectivity index (χ0n) is 20.4. The minimum atomic E-state index is -0.522. The van der Waals surface area contributed by atoms with Crippen LogP contribution in [0.5, 0.6) is 5.75 Å². The number of fused-ring (bicyclic) bond motifs is 1. The zero-order valence-corrected chi connectivity index (χ0v) is 20.4. The molecule has 0 aliphatic carbocycles. The van der Waals surface area contributed by atoms with Crippen molar-refractivity contribution >= 4 is 41.0 Å². The normalized spacial score (nSPS) is 12.5. The number of rotatable bonds is 7. The Morgan fingerprint density at radius 1 is 0.763 bits per heavy atom. The van der Waals surface area contributed by atoms with Gasteiger partial charge in [0.05, 0.1) is 23.9 Å². The molecule has 0 spiro atoms. The first kappa shape index (κ1) is 24.4. The number of hydrogen-bond donors (Lipinski definition) is 1. The summed E-state index contributed by atoms with van der Waals surface area (Å²) in [6.07, 6.45) is 3.21. The van der Waals surface area contributed by atoms with Crippen LogP contribution in [0.3, 0.4) is 0 Å². The Hall–Kier alpha value is -5.30. The van der Waals surface area contributed by atoms with Crippen LogP contribution in [-0.4, -0.2) is 30.6 Å². The van der Waals surface area contributed by atoms with Crippen LogP contribution in [0, 0.1) is 0 Å². The summed E-state index contributed by atoms with van der Waals surface area (Å²) in [4.78, 5) is 52.7. The maximum atomic E-state index is 13.1. The Balaban J connectivity index is 1.33. The van der Waals surface area contributed by atoms with Crippen molar-refractivity contribution in [2.75, 3.05) is 17.3 Å². The average molecular weight is 503 g/mol. The van der Waals surface area contributed by atoms with Crippen molar-refractivity contribution in [3.05, 3.63) is 131 Å². The second-order valence-corrected chi connectivity index (χ2v) is 8.55. The van der Waals surface area contributed by atoms with Gasteiger partial charge in [0.15, 0.2) is 5.78 Å². The number of ketones is 1. The summed E-state index contributed by atoms with van der Waals surface area (Å²) < 4.78 is 5.20. The lowest BCUT2D eigenvalue weighted by atomic mass is 10.0. The molecule has 0 saturated heterocycles. The number of carbonyl (C=O) groups excluding carboxylic acids is 4. The number of carbonyl (C=O) groups is 4. The zero-order chi connectivity index (χ0) is 26.6. The summed E-state index contributed by atoms with van der Waals surface area (Å²) in [5, 5.41) is 2.76. The van der Waals surface area contributed by atoms with Gasteiger partial charge in [-0.3, -0.25) is 19.2 Å². The van der Waals surface area contributed by atoms with Gasteiger partial charge in [0.25, 0.3) is 17.7 Å². The molecule has 7 nitrogen and oxygen atoms in total. The number of nitrogens with zero attached hydrogens (tertiary/aromatic N) is 1. The third kappa shape index (κ3) is 4.85. The van der Waals surface area contributed by atoms with Crippen molar-refractivity contribution in [2.24, 2.45) is 0 Å². The van der Waals surface area contributed by atoms with Gasteiger partial charge in [0, 0.05) is 22.9 Å². The first-order valence-corrected chi connectivity index (χ1v) is 11.8. The molecule has 186 valence electrons. The molecule has 1 aliphatic heterocycles. The fourth-order valence-electron chi connectivity index (χ4n) is 4.15. The van der Waals surface area contributed by atoms with Crippen LogP contribution in [0.2, 0.25) is 0 Å². The molecular weight excluding hydrogens is 480 g/mol. The summed E-state index contributed by atoms with van der Waals surface area (Å²) in [5.74, 6) is -1.16. The molecule has 1 heterocycles. The van der Waals surface area contributed by atoms with E-state index in [1.165, 1.54) is 31.4 Å². The first-order valence-electron chi connectivity index (χ1n) is 11.8. The van der Waals surface area contributed by atoms with E-state index in [4.69, 9.17) is 4.74 Å². The highest BCUT2D eigenvalue weighted by atomic mass is 16.5. The molecule has 38 heavy (non-hydrogen) atoms. The van der Waals surface area contributed by atoms with Gasteiger partial charge in [0.1, 0.15) is 5.75 Å². The lowest BCUT2D eigenvalue weighted by Gasteiger charge is -2.14. The molecule has 0 aromatic heterocycles. The highest BCUT2D eigenvalue weighted by Gasteiger charge is 2.37. The first-order chi connectivity index (χ1) is 18.4. The molecule has 0 unspecified atom stereocenters. The molecular formula is C31H22N2O5. The van der Waals surface area contributed by atoms with Gasteiger partial charge in [-0.1, -0.05) is 54.6 Å². The Morgan fingerprint density at radius 2 is 1.53 bits per heavy atom. The lowest BCUT2D eigenvalue weighted by molar-refractivity contribution is 0.0924. The minimum Gasteiger partial charge on any atom is -0.497 e. The van der Waals surface area contributed by atoms with Crippen LogP contribution in [0.1, 0.15) is 47.0 Å². The van der Waals surface area contributed by atoms with Crippen LogP contribution in [0.25, 0.3) is 6.08 Å². The third-order valence-electron chi connectivity index (χ3n) is 6.09. The molecule has 4 aromatic rings. The SMILES string of the molecule is COc1cccc(N2C(=O)c3ccc(C(=O)Nc4cccc(C(=O)C=Cc5ccccc5)c4)cc3C2=O)c1. The van der Waals surface area contributed by atoms with Gasteiger partial charge < -0.3 is 10.1 Å². The van der Waals surface area contributed by atoms with Crippen molar-refractivity contribution < 1.29 is 23.9 Å². The molecule has 1 aliphatic rings. The molecule has 0 bridgehead atoms. The fraction of sp³-hybridized carbons (Fsp3) is 0.0323. The Labute approximate surface area is 219 Å². The van der Waals surface area contributed by atoms with Crippen molar-refractivity contribution in [1.29, 1.82) is 0 Å². The molecule has 0 radical (unpaired) electrons. The van der Waals surface area contributed by atoms with Crippen LogP contribution in [0.15, 0.2) is 103 Å². The van der Waals surface area contributed by atoms with Crippen LogP contribution in [0.4, 0.5) is 11.4 Å². The van der Waals surface area contributed by atoms with Crippen LogP contribution < -0.4 is 15.0 Å². The number of ether oxygens (including phenoxy) is 1. The molecule has 3 amide bonds. The highest BCUT2D eigenvalue weighted by molar-refractivity contribution is 6.34. The summed E-state index contributed by atoms with van der Waals surface area (Å²) >= 11 is 0. The van der Waals surface area contributed by atoms with Gasteiger partial charge in [0.2, 0.25) is 0 Å². The summed E-state index contributed by atoms with van der Waals surface area (Å²) in [6.45, 7) is 0. The molecule has 7 heteroatoms. The summed E-state index contributed by atoms with van der Waals surface area (Å²) in [7, 11) is 1.50. The second kappa shape index (κ2) is 10.4. The lowest BCUT2D eigenvalue weighted by Crippen LogP contribution is -2.29. The van der Waals surface area contributed by atoms with E-state index in [2.05, 4.69) is 5.32 Å². The number of nitrogens with one attached hydrogen (secondary N) is 1. The maximum absolute atomic E-state index is 13.1. The van der Waals surface area contributed by atoms with E-state index in [1.807, 2.05) is 30.3 Å². The predicted octanol–water partition coefficient (Wildman–Crippen LogP) is 5.64. The minimum absolute atomic E-state index is 0.139. The largest absolute Gasteiger partial charge is 0.497 e. The predicted molar refractivity (Wildman–Crippen MR) is 145 cm³/mol. The topological polar surface area (TPSA) is 92.8 Å². The number of hydrogen-bond acceptors (Lipinski definition) is 5. The van der Waals surface area contributed by atoms with Crippen molar-refractivity contribution in [3.8, 4) is 5.75 Å². The van der Waals surface area contributed by atoms with Gasteiger partial charge in [-0.2, -0.15) is 0 Å². The molecule has 0 saturated carbocycles. The standard InChI is InChI=1S/C31H22N2O5/c1-38-25-12-6-11-24(19-25)33-30(36)26-15-14-22(18-27(26)31(33)37)29(35)32-23-10-5-9-21(17-23)28(34)16-13-20-7-3-2-4-8-20/h2-19H,1H3,(H,32,35). The highest BCUT2D eigenvalue weighted by Crippen LogP contribution is 2.31. The molecule has 1 N–H and O–H groups in total. The monoisotopic (exact) mass is 502 g/mol. The number of anilines is 2. The number of amides is 3. The van der Waals surface area contributed by atoms with E-state index in [-0.39, 0.29) is 22.5 Å². The Kier molecular flexibility index (Phi) is 6.65. The maximum Gasteiger partial charge on any atom is 0.266 e. The molecule has 4 aromatic carbocycles. The molecule has 0 fully saturated rings. The number of allylic oxidation sites excluding steroid dienone is 1. The van der Waals surface area contributed by atoms with Gasteiger partial charge in [-0.05, 0) is 54.1 Å². The van der Waals surface area contributed by atoms with Crippen molar-refractivity contribution in [2.45, 2.75) is 0 Å². The quantitative estimate of drug-likeness (QED) is 0.200. The van der Waals surface area contributed by atoms with Gasteiger partial charge in [-0.15, -0.1) is 0 Å². The number of benzene rings is 4. The Bertz CT molecular complexity index is 1610. The fourth-order valence-corrected chi connectivity index (χ4v) is 4.15. The Morgan fingerprint density at radius 3 is 2.32 bits per heavy atom. The van der Waals surface area contributed by atoms with Crippen molar-refractivity contribution in [1.82, 2.24) is 0 Å². The van der Waals surface area contributed by atoms with E-state index in [0.717, 1.165) is 10.5 Å². The average Bonchev–Trinajstić information content (AvgIpc) is 3.21. The molecule has 5 rings (SSSR count). The van der Waals surface area contributed by atoms with Crippen molar-refractivity contribution in [3.63, 3.8) is 0 Å². The molecule has 0 atom stereocenters.